The molecule has 5 rings (SSSR count). The van der Waals surface area contributed by atoms with Crippen LogP contribution in [0.25, 0.3) is 21.7 Å². The fraction of sp³-hybridized carbons (Fsp3) is 0.0385. The first-order chi connectivity index (χ1) is 14.2. The van der Waals surface area contributed by atoms with Crippen molar-refractivity contribution < 1.29 is 4.39 Å². The number of fused-ring (bicyclic) bond motifs is 2. The van der Waals surface area contributed by atoms with Crippen molar-refractivity contribution in [2.24, 2.45) is 4.99 Å². The number of aromatic nitrogens is 1. The molecule has 0 unspecified atom stereocenters. The molecule has 4 aromatic carbocycles. The number of hydrogen-bond donors (Lipinski definition) is 0. The molecular formula is C26H19FN2. The van der Waals surface area contributed by atoms with Crippen LogP contribution in [0, 0.1) is 5.82 Å². The summed E-state index contributed by atoms with van der Waals surface area (Å²) >= 11 is 0. The van der Waals surface area contributed by atoms with Crippen LogP contribution in [0.1, 0.15) is 11.1 Å². The molecule has 0 spiro atoms. The summed E-state index contributed by atoms with van der Waals surface area (Å²) in [6, 6.07) is 29.6. The van der Waals surface area contributed by atoms with Crippen molar-refractivity contribution in [3.05, 3.63) is 114 Å². The molecule has 0 saturated carbocycles. The maximum atomic E-state index is 13.4. The highest BCUT2D eigenvalue weighted by molar-refractivity contribution is 5.91. The number of benzene rings is 4. The third-order valence-electron chi connectivity index (χ3n) is 5.13. The minimum atomic E-state index is -0.203. The Morgan fingerprint density at radius 1 is 0.759 bits per heavy atom. The van der Waals surface area contributed by atoms with Crippen molar-refractivity contribution in [2.45, 2.75) is 6.54 Å². The Hall–Kier alpha value is -3.72. The highest BCUT2D eigenvalue weighted by atomic mass is 19.1. The second-order valence-corrected chi connectivity index (χ2v) is 7.18. The van der Waals surface area contributed by atoms with Crippen molar-refractivity contribution in [1.82, 2.24) is 4.57 Å². The zero-order valence-electron chi connectivity index (χ0n) is 15.8. The van der Waals surface area contributed by atoms with E-state index in [4.69, 9.17) is 0 Å². The Balaban J connectivity index is 1.40. The molecule has 0 aliphatic heterocycles. The monoisotopic (exact) mass is 378 g/mol. The van der Waals surface area contributed by atoms with E-state index in [1.54, 1.807) is 12.1 Å². The van der Waals surface area contributed by atoms with Gasteiger partial charge in [0.1, 0.15) is 5.82 Å². The van der Waals surface area contributed by atoms with Gasteiger partial charge in [0.05, 0.1) is 5.69 Å². The molecular weight excluding hydrogens is 359 g/mol. The Bertz CT molecular complexity index is 1350. The Labute approximate surface area is 168 Å². The van der Waals surface area contributed by atoms with Gasteiger partial charge < -0.3 is 4.57 Å². The zero-order chi connectivity index (χ0) is 19.6. The van der Waals surface area contributed by atoms with Crippen LogP contribution >= 0.6 is 0 Å². The minimum absolute atomic E-state index is 0.203. The van der Waals surface area contributed by atoms with E-state index in [1.165, 1.54) is 16.8 Å². The van der Waals surface area contributed by atoms with Crippen molar-refractivity contribution in [2.75, 3.05) is 0 Å². The van der Waals surface area contributed by atoms with Crippen LogP contribution in [0.4, 0.5) is 10.1 Å². The molecule has 0 atom stereocenters. The maximum absolute atomic E-state index is 13.4. The Morgan fingerprint density at radius 3 is 2.55 bits per heavy atom. The van der Waals surface area contributed by atoms with E-state index in [0.717, 1.165) is 27.7 Å². The van der Waals surface area contributed by atoms with Gasteiger partial charge in [0.25, 0.3) is 0 Å². The van der Waals surface area contributed by atoms with E-state index in [0.29, 0.717) is 6.54 Å². The van der Waals surface area contributed by atoms with Crippen molar-refractivity contribution in [3.8, 4) is 0 Å². The van der Waals surface area contributed by atoms with Gasteiger partial charge in [-0.3, -0.25) is 4.99 Å². The maximum Gasteiger partial charge on any atom is 0.123 e. The highest BCUT2D eigenvalue weighted by Gasteiger charge is 2.04. The molecule has 0 saturated heterocycles. The van der Waals surface area contributed by atoms with Crippen molar-refractivity contribution in [1.29, 1.82) is 0 Å². The second-order valence-electron chi connectivity index (χ2n) is 7.18. The fourth-order valence-electron chi connectivity index (χ4n) is 3.67. The summed E-state index contributed by atoms with van der Waals surface area (Å²) in [6.45, 7) is 0.645. The summed E-state index contributed by atoms with van der Waals surface area (Å²) in [5.74, 6) is -0.203. The SMILES string of the molecule is Fc1cccc(Cn2ccc3cc(C=Nc4ccc5ccccc5c4)ccc32)c1. The first kappa shape index (κ1) is 17.4. The lowest BCUT2D eigenvalue weighted by atomic mass is 10.1. The summed E-state index contributed by atoms with van der Waals surface area (Å²) in [5, 5.41) is 3.54. The van der Waals surface area contributed by atoms with Gasteiger partial charge in [-0.15, -0.1) is 0 Å². The lowest BCUT2D eigenvalue weighted by Gasteiger charge is -2.06. The molecule has 1 aromatic heterocycles. The van der Waals surface area contributed by atoms with Gasteiger partial charge in [-0.05, 0) is 64.4 Å². The van der Waals surface area contributed by atoms with E-state index in [2.05, 4.69) is 58.1 Å². The standard InChI is InChI=1S/C26H19FN2/c27-24-7-3-4-20(15-24)18-29-13-12-23-14-19(8-11-26(23)29)17-28-25-10-9-21-5-1-2-6-22(21)16-25/h1-17H,18H2. The van der Waals surface area contributed by atoms with Crippen molar-refractivity contribution >= 4 is 33.6 Å². The molecule has 2 nitrogen and oxygen atoms in total. The summed E-state index contributed by atoms with van der Waals surface area (Å²) in [7, 11) is 0. The fourth-order valence-corrected chi connectivity index (χ4v) is 3.67. The normalized spacial score (nSPS) is 11.6. The highest BCUT2D eigenvalue weighted by Crippen LogP contribution is 2.22. The molecule has 0 bridgehead atoms. The first-order valence-electron chi connectivity index (χ1n) is 9.61. The molecule has 29 heavy (non-hydrogen) atoms. The molecule has 5 aromatic rings. The lowest BCUT2D eigenvalue weighted by Crippen LogP contribution is -1.98. The second kappa shape index (κ2) is 7.36. The van der Waals surface area contributed by atoms with Crippen molar-refractivity contribution in [3.63, 3.8) is 0 Å². The Morgan fingerprint density at radius 2 is 1.66 bits per heavy atom. The van der Waals surface area contributed by atoms with E-state index in [1.807, 2.05) is 36.7 Å². The van der Waals surface area contributed by atoms with E-state index in [9.17, 15) is 4.39 Å². The summed E-state index contributed by atoms with van der Waals surface area (Å²) in [6.07, 6.45) is 3.94. The molecule has 3 heteroatoms. The zero-order valence-corrected chi connectivity index (χ0v) is 15.8. The molecule has 0 aliphatic carbocycles. The Kier molecular flexibility index (Phi) is 4.41. The van der Waals surface area contributed by atoms with Crippen LogP contribution in [-0.2, 0) is 6.54 Å². The van der Waals surface area contributed by atoms with E-state index in [-0.39, 0.29) is 5.82 Å². The topological polar surface area (TPSA) is 17.3 Å². The lowest BCUT2D eigenvalue weighted by molar-refractivity contribution is 0.624. The third-order valence-corrected chi connectivity index (χ3v) is 5.13. The van der Waals surface area contributed by atoms with Crippen LogP contribution in [-0.4, -0.2) is 10.8 Å². The van der Waals surface area contributed by atoms with Gasteiger partial charge in [-0.2, -0.15) is 0 Å². The predicted octanol–water partition coefficient (Wildman–Crippen LogP) is 6.73. The smallest absolute Gasteiger partial charge is 0.123 e. The number of rotatable bonds is 4. The molecule has 0 radical (unpaired) electrons. The average molecular weight is 378 g/mol. The summed E-state index contributed by atoms with van der Waals surface area (Å²) < 4.78 is 15.6. The van der Waals surface area contributed by atoms with Gasteiger partial charge >= 0.3 is 0 Å². The average Bonchev–Trinajstić information content (AvgIpc) is 3.14. The quantitative estimate of drug-likeness (QED) is 0.308. The number of hydrogen-bond acceptors (Lipinski definition) is 1. The number of nitrogens with zero attached hydrogens (tertiary/aromatic N) is 2. The van der Waals surface area contributed by atoms with Gasteiger partial charge in [0.15, 0.2) is 0 Å². The molecule has 140 valence electrons. The molecule has 0 aliphatic rings. The van der Waals surface area contributed by atoms with Crippen LogP contribution in [0.15, 0.2) is 102 Å². The minimum Gasteiger partial charge on any atom is -0.343 e. The van der Waals surface area contributed by atoms with Gasteiger partial charge in [0, 0.05) is 29.9 Å². The number of halogens is 1. The summed E-state index contributed by atoms with van der Waals surface area (Å²) in [4.78, 5) is 4.64. The first-order valence-corrected chi connectivity index (χ1v) is 9.61. The molecule has 0 fully saturated rings. The molecule has 1 heterocycles. The molecule has 0 amide bonds. The van der Waals surface area contributed by atoms with Gasteiger partial charge in [-0.25, -0.2) is 4.39 Å². The largest absolute Gasteiger partial charge is 0.343 e. The summed E-state index contributed by atoms with van der Waals surface area (Å²) in [5.41, 5.74) is 4.06. The van der Waals surface area contributed by atoms with Crippen LogP contribution in [0.3, 0.4) is 0 Å². The predicted molar refractivity (Wildman–Crippen MR) is 119 cm³/mol. The van der Waals surface area contributed by atoms with E-state index < -0.39 is 0 Å². The van der Waals surface area contributed by atoms with Crippen LogP contribution in [0.5, 0.6) is 0 Å². The van der Waals surface area contributed by atoms with Gasteiger partial charge in [0.2, 0.25) is 0 Å². The van der Waals surface area contributed by atoms with E-state index >= 15 is 0 Å². The number of aliphatic imine (C=N–C) groups is 1. The molecule has 0 N–H and O–H groups in total. The van der Waals surface area contributed by atoms with Crippen LogP contribution in [0.2, 0.25) is 0 Å². The third kappa shape index (κ3) is 3.67. The van der Waals surface area contributed by atoms with Crippen LogP contribution < -0.4 is 0 Å². The van der Waals surface area contributed by atoms with Gasteiger partial charge in [-0.1, -0.05) is 48.5 Å².